The standard InChI is InChI=1S/C19H28N2O5S/c1-3-5-16(19(23)24)12-20-18(22)15-7-9-17(10-8-15)27(25,26)21-11-4-6-14(2)13-21/h7-10,14,16H,3-6,11-13H2,1-2H3,(H,20,22)(H,23,24). The van der Waals surface area contributed by atoms with E-state index in [1.54, 1.807) is 0 Å². The van der Waals surface area contributed by atoms with Gasteiger partial charge in [0, 0.05) is 25.2 Å². The number of carboxylic acids is 1. The first-order valence-corrected chi connectivity index (χ1v) is 10.8. The molecule has 1 fully saturated rings. The lowest BCUT2D eigenvalue weighted by Crippen LogP contribution is -2.39. The number of carboxylic acid groups (broad SMARTS) is 1. The molecule has 27 heavy (non-hydrogen) atoms. The van der Waals surface area contributed by atoms with Crippen molar-refractivity contribution in [2.45, 2.75) is 44.4 Å². The molecule has 8 heteroatoms. The molecule has 1 amide bonds. The summed E-state index contributed by atoms with van der Waals surface area (Å²) in [4.78, 5) is 23.5. The van der Waals surface area contributed by atoms with Gasteiger partial charge in [-0.25, -0.2) is 8.42 Å². The van der Waals surface area contributed by atoms with E-state index in [1.165, 1.54) is 28.6 Å². The smallest absolute Gasteiger partial charge is 0.308 e. The number of nitrogens with zero attached hydrogens (tertiary/aromatic N) is 1. The largest absolute Gasteiger partial charge is 0.481 e. The number of nitrogens with one attached hydrogen (secondary N) is 1. The number of piperidine rings is 1. The molecule has 1 aliphatic rings. The molecular formula is C19H28N2O5S. The van der Waals surface area contributed by atoms with Crippen LogP contribution < -0.4 is 5.32 Å². The summed E-state index contributed by atoms with van der Waals surface area (Å²) in [7, 11) is -3.56. The van der Waals surface area contributed by atoms with Gasteiger partial charge in [0.05, 0.1) is 10.8 Å². The molecule has 1 aromatic carbocycles. The third-order valence-electron chi connectivity index (χ3n) is 4.87. The number of carbonyl (C=O) groups excluding carboxylic acids is 1. The number of aliphatic carboxylic acids is 1. The molecule has 1 heterocycles. The third kappa shape index (κ3) is 5.52. The molecule has 0 spiro atoms. The van der Waals surface area contributed by atoms with Gasteiger partial charge in [0.2, 0.25) is 10.0 Å². The Morgan fingerprint density at radius 3 is 2.52 bits per heavy atom. The van der Waals surface area contributed by atoms with Crippen LogP contribution >= 0.6 is 0 Å². The van der Waals surface area contributed by atoms with Gasteiger partial charge in [-0.05, 0) is 49.4 Å². The van der Waals surface area contributed by atoms with Gasteiger partial charge in [-0.15, -0.1) is 0 Å². The first-order chi connectivity index (χ1) is 12.8. The van der Waals surface area contributed by atoms with Crippen LogP contribution in [0.3, 0.4) is 0 Å². The zero-order valence-corrected chi connectivity index (χ0v) is 16.7. The molecule has 7 nitrogen and oxygen atoms in total. The van der Waals surface area contributed by atoms with Crippen LogP contribution in [0.2, 0.25) is 0 Å². The Labute approximate surface area is 160 Å². The lowest BCUT2D eigenvalue weighted by atomic mass is 10.0. The maximum absolute atomic E-state index is 12.7. The van der Waals surface area contributed by atoms with E-state index >= 15 is 0 Å². The lowest BCUT2D eigenvalue weighted by Gasteiger charge is -2.30. The van der Waals surface area contributed by atoms with Crippen molar-refractivity contribution in [3.05, 3.63) is 29.8 Å². The van der Waals surface area contributed by atoms with Gasteiger partial charge in [0.25, 0.3) is 5.91 Å². The summed E-state index contributed by atoms with van der Waals surface area (Å²) in [6.07, 6.45) is 3.08. The summed E-state index contributed by atoms with van der Waals surface area (Å²) in [5.74, 6) is -1.63. The van der Waals surface area contributed by atoms with Crippen molar-refractivity contribution in [3.8, 4) is 0 Å². The van der Waals surface area contributed by atoms with Gasteiger partial charge in [0.15, 0.2) is 0 Å². The quantitative estimate of drug-likeness (QED) is 0.702. The van der Waals surface area contributed by atoms with Gasteiger partial charge in [-0.2, -0.15) is 4.31 Å². The second kappa shape index (κ2) is 9.32. The van der Waals surface area contributed by atoms with Crippen molar-refractivity contribution >= 4 is 21.9 Å². The van der Waals surface area contributed by atoms with E-state index in [9.17, 15) is 18.0 Å². The number of rotatable bonds is 8. The van der Waals surface area contributed by atoms with Gasteiger partial charge in [-0.3, -0.25) is 9.59 Å². The SMILES string of the molecule is CCCC(CNC(=O)c1ccc(S(=O)(=O)N2CCCC(C)C2)cc1)C(=O)O. The van der Waals surface area contributed by atoms with Crippen LogP contribution in [0.25, 0.3) is 0 Å². The summed E-state index contributed by atoms with van der Waals surface area (Å²) in [5, 5.41) is 11.7. The minimum absolute atomic E-state index is 0.0493. The fraction of sp³-hybridized carbons (Fsp3) is 0.579. The summed E-state index contributed by atoms with van der Waals surface area (Å²) < 4.78 is 27.0. The summed E-state index contributed by atoms with van der Waals surface area (Å²) in [6, 6.07) is 5.80. The molecule has 2 unspecified atom stereocenters. The molecule has 2 atom stereocenters. The number of carbonyl (C=O) groups is 2. The Bertz CT molecular complexity index is 761. The zero-order chi connectivity index (χ0) is 20.0. The second-order valence-corrected chi connectivity index (χ2v) is 9.11. The van der Waals surface area contributed by atoms with E-state index < -0.39 is 27.8 Å². The zero-order valence-electron chi connectivity index (χ0n) is 15.8. The Hall–Kier alpha value is -1.93. The molecule has 0 radical (unpaired) electrons. The van der Waals surface area contributed by atoms with Crippen molar-refractivity contribution in [2.75, 3.05) is 19.6 Å². The molecule has 1 saturated heterocycles. The highest BCUT2D eigenvalue weighted by Gasteiger charge is 2.28. The first-order valence-electron chi connectivity index (χ1n) is 9.37. The Balaban J connectivity index is 2.03. The van der Waals surface area contributed by atoms with Crippen LogP contribution in [0.1, 0.15) is 49.9 Å². The molecule has 2 rings (SSSR count). The van der Waals surface area contributed by atoms with E-state index in [0.717, 1.165) is 12.8 Å². The fourth-order valence-corrected chi connectivity index (χ4v) is 4.87. The minimum Gasteiger partial charge on any atom is -0.481 e. The van der Waals surface area contributed by atoms with Crippen molar-refractivity contribution in [3.63, 3.8) is 0 Å². The minimum atomic E-state index is -3.56. The van der Waals surface area contributed by atoms with Crippen molar-refractivity contribution < 1.29 is 23.1 Å². The van der Waals surface area contributed by atoms with Crippen LogP contribution in [0, 0.1) is 11.8 Å². The van der Waals surface area contributed by atoms with Crippen LogP contribution in [0.4, 0.5) is 0 Å². The van der Waals surface area contributed by atoms with Crippen molar-refractivity contribution in [1.82, 2.24) is 9.62 Å². The number of sulfonamides is 1. The number of hydrogen-bond acceptors (Lipinski definition) is 4. The van der Waals surface area contributed by atoms with Gasteiger partial charge < -0.3 is 10.4 Å². The van der Waals surface area contributed by atoms with E-state index in [-0.39, 0.29) is 11.4 Å². The van der Waals surface area contributed by atoms with E-state index in [0.29, 0.717) is 37.4 Å². The molecule has 0 aromatic heterocycles. The van der Waals surface area contributed by atoms with Gasteiger partial charge in [-0.1, -0.05) is 20.3 Å². The van der Waals surface area contributed by atoms with Crippen LogP contribution in [0.15, 0.2) is 29.2 Å². The Morgan fingerprint density at radius 1 is 1.30 bits per heavy atom. The highest BCUT2D eigenvalue weighted by atomic mass is 32.2. The average Bonchev–Trinajstić information content (AvgIpc) is 2.64. The van der Waals surface area contributed by atoms with E-state index in [4.69, 9.17) is 5.11 Å². The highest BCUT2D eigenvalue weighted by molar-refractivity contribution is 7.89. The number of hydrogen-bond donors (Lipinski definition) is 2. The predicted molar refractivity (Wildman–Crippen MR) is 102 cm³/mol. The van der Waals surface area contributed by atoms with Crippen molar-refractivity contribution in [2.24, 2.45) is 11.8 Å². The Morgan fingerprint density at radius 2 is 1.96 bits per heavy atom. The second-order valence-electron chi connectivity index (χ2n) is 7.17. The highest BCUT2D eigenvalue weighted by Crippen LogP contribution is 2.23. The van der Waals surface area contributed by atoms with E-state index in [1.807, 2.05) is 13.8 Å². The maximum atomic E-state index is 12.7. The van der Waals surface area contributed by atoms with Crippen LogP contribution in [0.5, 0.6) is 0 Å². The topological polar surface area (TPSA) is 104 Å². The molecule has 1 aliphatic heterocycles. The summed E-state index contributed by atoms with van der Waals surface area (Å²) >= 11 is 0. The fourth-order valence-electron chi connectivity index (χ4n) is 3.27. The normalized spacial score (nSPS) is 19.4. The molecule has 2 N–H and O–H groups in total. The molecule has 150 valence electrons. The summed E-state index contributed by atoms with van der Waals surface area (Å²) in [5.41, 5.74) is 0.307. The van der Waals surface area contributed by atoms with Crippen LogP contribution in [-0.2, 0) is 14.8 Å². The first kappa shape index (κ1) is 21.4. The predicted octanol–water partition coefficient (Wildman–Crippen LogP) is 2.34. The lowest BCUT2D eigenvalue weighted by molar-refractivity contribution is -0.141. The maximum Gasteiger partial charge on any atom is 0.308 e. The van der Waals surface area contributed by atoms with Gasteiger partial charge >= 0.3 is 5.97 Å². The molecule has 0 bridgehead atoms. The molecule has 0 aliphatic carbocycles. The van der Waals surface area contributed by atoms with Gasteiger partial charge in [0.1, 0.15) is 0 Å². The molecule has 1 aromatic rings. The van der Waals surface area contributed by atoms with Crippen molar-refractivity contribution in [1.29, 1.82) is 0 Å². The summed E-state index contributed by atoms with van der Waals surface area (Å²) in [6.45, 7) is 5.01. The van der Waals surface area contributed by atoms with E-state index in [2.05, 4.69) is 5.32 Å². The molecule has 0 saturated carbocycles. The van der Waals surface area contributed by atoms with Crippen LogP contribution in [-0.4, -0.2) is 49.3 Å². The third-order valence-corrected chi connectivity index (χ3v) is 6.75. The Kier molecular flexibility index (Phi) is 7.38. The monoisotopic (exact) mass is 396 g/mol. The average molecular weight is 397 g/mol. The number of benzene rings is 1. The number of amides is 1. The molecular weight excluding hydrogens is 368 g/mol.